The molecule has 2 aromatic carbocycles. The van der Waals surface area contributed by atoms with E-state index in [4.69, 9.17) is 4.74 Å². The van der Waals surface area contributed by atoms with Crippen molar-refractivity contribution in [2.45, 2.75) is 55.5 Å². The van der Waals surface area contributed by atoms with Crippen LogP contribution in [0.15, 0.2) is 60.0 Å². The number of aryl methyl sites for hydroxylation is 2. The maximum absolute atomic E-state index is 14.0. The number of fused-ring (bicyclic) bond motifs is 1. The molecule has 0 saturated carbocycles. The Morgan fingerprint density at radius 2 is 1.95 bits per heavy atom. The van der Waals surface area contributed by atoms with Crippen LogP contribution in [-0.4, -0.2) is 54.4 Å². The monoisotopic (exact) mass is 547 g/mol. The topological polar surface area (TPSA) is 64.4 Å². The number of ether oxygens (including phenoxy) is 1. The third-order valence-corrected chi connectivity index (χ3v) is 9.15. The number of imidazole rings is 1. The van der Waals surface area contributed by atoms with E-state index in [9.17, 15) is 12.8 Å². The summed E-state index contributed by atoms with van der Waals surface area (Å²) >= 11 is 0. The van der Waals surface area contributed by atoms with Gasteiger partial charge in [0.15, 0.2) is 14.9 Å². The first-order chi connectivity index (χ1) is 17.4. The minimum absolute atomic E-state index is 0. The first-order valence-electron chi connectivity index (χ1n) is 12.8. The average Bonchev–Trinajstić information content (AvgIpc) is 3.55. The van der Waals surface area contributed by atoms with Crippen molar-refractivity contribution >= 4 is 22.2 Å². The molecule has 37 heavy (non-hydrogen) atoms. The van der Waals surface area contributed by atoms with Gasteiger partial charge in [-0.15, -0.1) is 12.4 Å². The van der Waals surface area contributed by atoms with Crippen LogP contribution < -0.4 is 4.74 Å². The Morgan fingerprint density at radius 1 is 1.14 bits per heavy atom. The van der Waals surface area contributed by atoms with E-state index in [0.29, 0.717) is 19.1 Å². The number of halogens is 2. The summed E-state index contributed by atoms with van der Waals surface area (Å²) in [6, 6.07) is 13.7. The molecule has 0 radical (unpaired) electrons. The number of aromatic nitrogens is 2. The van der Waals surface area contributed by atoms with Crippen LogP contribution in [0.3, 0.4) is 0 Å². The molecule has 5 rings (SSSR count). The fraction of sp³-hybridized carbons (Fsp3) is 0.464. The molecule has 2 atom stereocenters. The second-order valence-electron chi connectivity index (χ2n) is 10.0. The quantitative estimate of drug-likeness (QED) is 0.354. The van der Waals surface area contributed by atoms with Gasteiger partial charge in [-0.25, -0.2) is 17.8 Å². The zero-order valence-electron chi connectivity index (χ0n) is 21.2. The summed E-state index contributed by atoms with van der Waals surface area (Å²) in [7, 11) is -1.67. The summed E-state index contributed by atoms with van der Waals surface area (Å²) in [5, 5.41) is 0.104. The van der Waals surface area contributed by atoms with Crippen molar-refractivity contribution in [2.24, 2.45) is 7.05 Å². The van der Waals surface area contributed by atoms with E-state index in [-0.39, 0.29) is 34.9 Å². The Morgan fingerprint density at radius 3 is 2.68 bits per heavy atom. The summed E-state index contributed by atoms with van der Waals surface area (Å²) in [4.78, 5) is 6.58. The Balaban J connectivity index is 0.00000320. The second kappa shape index (κ2) is 12.0. The summed E-state index contributed by atoms with van der Waals surface area (Å²) in [6.45, 7) is 2.57. The molecule has 3 aromatic rings. The molecular weight excluding hydrogens is 513 g/mol. The number of sulfone groups is 1. The first-order valence-corrected chi connectivity index (χ1v) is 14.5. The Hall–Kier alpha value is -2.42. The van der Waals surface area contributed by atoms with E-state index < -0.39 is 9.84 Å². The number of benzene rings is 2. The highest BCUT2D eigenvalue weighted by molar-refractivity contribution is 7.91. The van der Waals surface area contributed by atoms with E-state index >= 15 is 0 Å². The molecular formula is C28H35ClFN3O3S. The van der Waals surface area contributed by atoms with Gasteiger partial charge in [0.1, 0.15) is 11.6 Å². The normalized spacial score (nSPS) is 19.8. The smallest absolute Gasteiger partial charge is 0.197 e. The van der Waals surface area contributed by atoms with E-state index in [1.807, 2.05) is 12.1 Å². The van der Waals surface area contributed by atoms with Gasteiger partial charge in [-0.2, -0.15) is 0 Å². The minimum atomic E-state index is -3.42. The lowest BCUT2D eigenvalue weighted by molar-refractivity contribution is 0.188. The molecule has 0 N–H and O–H groups in total. The molecule has 1 saturated heterocycles. The fourth-order valence-corrected chi connectivity index (χ4v) is 6.96. The molecule has 0 spiro atoms. The van der Waals surface area contributed by atoms with Gasteiger partial charge in [-0.1, -0.05) is 18.2 Å². The van der Waals surface area contributed by atoms with Crippen LogP contribution >= 0.6 is 12.4 Å². The van der Waals surface area contributed by atoms with E-state index in [2.05, 4.69) is 22.0 Å². The molecule has 6 nitrogen and oxygen atoms in total. The van der Waals surface area contributed by atoms with Gasteiger partial charge in [-0.3, -0.25) is 4.90 Å². The van der Waals surface area contributed by atoms with Crippen molar-refractivity contribution in [1.29, 1.82) is 0 Å². The van der Waals surface area contributed by atoms with Gasteiger partial charge in [0, 0.05) is 25.2 Å². The third kappa shape index (κ3) is 6.54. The highest BCUT2D eigenvalue weighted by Crippen LogP contribution is 2.40. The van der Waals surface area contributed by atoms with Gasteiger partial charge in [0.2, 0.25) is 0 Å². The Kier molecular flexibility index (Phi) is 8.93. The molecule has 9 heteroatoms. The molecule has 1 aliphatic carbocycles. The zero-order valence-corrected chi connectivity index (χ0v) is 22.8. The first kappa shape index (κ1) is 27.6. The van der Waals surface area contributed by atoms with Crippen LogP contribution in [0.5, 0.6) is 5.75 Å². The van der Waals surface area contributed by atoms with Gasteiger partial charge >= 0.3 is 0 Å². The number of rotatable bonds is 9. The molecule has 1 aliphatic heterocycles. The number of hydrogen-bond acceptors (Lipinski definition) is 5. The lowest BCUT2D eigenvalue weighted by Crippen LogP contribution is -2.41. The van der Waals surface area contributed by atoms with Crippen molar-refractivity contribution in [3.63, 3.8) is 0 Å². The zero-order chi connectivity index (χ0) is 25.1. The molecule has 1 fully saturated rings. The predicted octanol–water partition coefficient (Wildman–Crippen LogP) is 4.96. The third-order valence-electron chi connectivity index (χ3n) is 7.47. The van der Waals surface area contributed by atoms with Crippen LogP contribution in [0.2, 0.25) is 0 Å². The largest absolute Gasteiger partial charge is 0.494 e. The average molecular weight is 548 g/mol. The molecule has 200 valence electrons. The number of nitrogens with zero attached hydrogens (tertiary/aromatic N) is 3. The Labute approximate surface area is 225 Å². The maximum Gasteiger partial charge on any atom is 0.197 e. The highest BCUT2D eigenvalue weighted by atomic mass is 35.5. The van der Waals surface area contributed by atoms with Gasteiger partial charge in [0.05, 0.1) is 18.7 Å². The lowest BCUT2D eigenvalue weighted by atomic mass is 9.75. The molecule has 2 aliphatic rings. The maximum atomic E-state index is 14.0. The Bertz CT molecular complexity index is 1310. The van der Waals surface area contributed by atoms with Gasteiger partial charge < -0.3 is 9.30 Å². The number of hydrogen-bond donors (Lipinski definition) is 0. The van der Waals surface area contributed by atoms with Crippen LogP contribution in [0.4, 0.5) is 4.39 Å². The van der Waals surface area contributed by atoms with Crippen LogP contribution in [-0.2, 0) is 29.7 Å². The highest BCUT2D eigenvalue weighted by Gasteiger charge is 2.35. The van der Waals surface area contributed by atoms with Crippen LogP contribution in [0.25, 0.3) is 0 Å². The summed E-state index contributed by atoms with van der Waals surface area (Å²) < 4.78 is 46.6. The van der Waals surface area contributed by atoms with Crippen molar-refractivity contribution in [1.82, 2.24) is 14.5 Å². The summed E-state index contributed by atoms with van der Waals surface area (Å²) in [6.07, 6.45) is 8.80. The molecule has 1 aromatic heterocycles. The van der Waals surface area contributed by atoms with Crippen molar-refractivity contribution < 1.29 is 17.5 Å². The standard InChI is InChI=1S/C28H34FN3O3S.ClH/c1-31-19-28(30-20-31)36(33,34)15-5-14-35-24-10-8-22-9-11-27(32-12-2-3-13-32)26(25(22)18-24)17-21-6-4-7-23(29)16-21;/h4,6-8,10,16,18-20,26-27H,2-3,5,9,11-15,17H2,1H3;1H. The second-order valence-corrected chi connectivity index (χ2v) is 12.1. The van der Waals surface area contributed by atoms with Crippen LogP contribution in [0.1, 0.15) is 48.3 Å². The SMILES string of the molecule is Cl.Cn1cnc(S(=O)(=O)CCCOc2ccc3c(c2)C(Cc2cccc(F)c2)C(N2CCCC2)CC3)c1. The lowest BCUT2D eigenvalue weighted by Gasteiger charge is -2.39. The number of likely N-dealkylation sites (tertiary alicyclic amines) is 1. The van der Waals surface area contributed by atoms with Crippen molar-refractivity contribution in [3.8, 4) is 5.75 Å². The van der Waals surface area contributed by atoms with Gasteiger partial charge in [-0.05, 0) is 92.6 Å². The van der Waals surface area contributed by atoms with Crippen molar-refractivity contribution in [3.05, 3.63) is 77.5 Å². The molecule has 0 amide bonds. The van der Waals surface area contributed by atoms with E-state index in [0.717, 1.165) is 43.7 Å². The minimum Gasteiger partial charge on any atom is -0.494 e. The summed E-state index contributed by atoms with van der Waals surface area (Å²) in [5.41, 5.74) is 3.63. The summed E-state index contributed by atoms with van der Waals surface area (Å²) in [5.74, 6) is 0.824. The molecule has 2 heterocycles. The molecule has 0 bridgehead atoms. The van der Waals surface area contributed by atoms with Crippen LogP contribution in [0, 0.1) is 5.82 Å². The molecule has 2 unspecified atom stereocenters. The predicted molar refractivity (Wildman–Crippen MR) is 145 cm³/mol. The fourth-order valence-electron chi connectivity index (χ4n) is 5.71. The van der Waals surface area contributed by atoms with E-state index in [1.165, 1.54) is 42.6 Å². The van der Waals surface area contributed by atoms with Gasteiger partial charge in [0.25, 0.3) is 0 Å². The van der Waals surface area contributed by atoms with E-state index in [1.54, 1.807) is 23.7 Å². The van der Waals surface area contributed by atoms with Crippen molar-refractivity contribution in [2.75, 3.05) is 25.4 Å².